The molecule has 0 atom stereocenters. The predicted octanol–water partition coefficient (Wildman–Crippen LogP) is 8.93. The van der Waals surface area contributed by atoms with Crippen LogP contribution in [0.15, 0.2) is 115 Å². The molecule has 3 N–H and O–H groups in total. The molecule has 0 spiro atoms. The fourth-order valence-electron chi connectivity index (χ4n) is 6.03. The van der Waals surface area contributed by atoms with Crippen LogP contribution in [0, 0.1) is 0 Å². The third kappa shape index (κ3) is 3.36. The number of aromatic amines is 3. The van der Waals surface area contributed by atoms with Crippen molar-refractivity contribution in [2.45, 2.75) is 0 Å². The van der Waals surface area contributed by atoms with Crippen molar-refractivity contribution < 1.29 is 0 Å². The molecule has 9 aromatic rings. The highest BCUT2D eigenvalue weighted by atomic mass is 32.1. The molecule has 0 saturated heterocycles. The Morgan fingerprint density at radius 3 is 2.44 bits per heavy atom. The summed E-state index contributed by atoms with van der Waals surface area (Å²) in [7, 11) is 0. The van der Waals surface area contributed by atoms with E-state index in [1.807, 2.05) is 23.0 Å². The van der Waals surface area contributed by atoms with Crippen LogP contribution in [0.25, 0.3) is 82.5 Å². The van der Waals surface area contributed by atoms with Gasteiger partial charge in [0, 0.05) is 55.1 Å². The van der Waals surface area contributed by atoms with Gasteiger partial charge in [0.25, 0.3) is 0 Å². The highest BCUT2D eigenvalue weighted by Gasteiger charge is 2.25. The molecule has 0 saturated carbocycles. The second kappa shape index (κ2) is 8.55. The van der Waals surface area contributed by atoms with Gasteiger partial charge in [-0.1, -0.05) is 66.7 Å². The van der Waals surface area contributed by atoms with Crippen LogP contribution in [0.3, 0.4) is 0 Å². The third-order valence-electron chi connectivity index (χ3n) is 7.89. The number of hydrogen-bond acceptors (Lipinski definition) is 3. The Kier molecular flexibility index (Phi) is 4.67. The lowest BCUT2D eigenvalue weighted by Crippen LogP contribution is -1.98. The van der Waals surface area contributed by atoms with Crippen LogP contribution < -0.4 is 0 Å². The Bertz CT molecular complexity index is 2350. The maximum absolute atomic E-state index is 5.13. The summed E-state index contributed by atoms with van der Waals surface area (Å²) in [6.45, 7) is 0. The van der Waals surface area contributed by atoms with Gasteiger partial charge in [-0.05, 0) is 41.1 Å². The first-order chi connectivity index (χ1) is 20.3. The van der Waals surface area contributed by atoms with Gasteiger partial charge in [0.2, 0.25) is 5.95 Å². The monoisotopic (exact) mass is 546 g/mol. The average molecular weight is 547 g/mol. The summed E-state index contributed by atoms with van der Waals surface area (Å²) in [5.74, 6) is 0.684. The minimum absolute atomic E-state index is 0.684. The van der Waals surface area contributed by atoms with Crippen molar-refractivity contribution >= 4 is 54.9 Å². The second-order valence-electron chi connectivity index (χ2n) is 10.2. The number of imidazole rings is 1. The van der Waals surface area contributed by atoms with E-state index < -0.39 is 0 Å². The SMILES string of the molecule is c1csc(-c2cc3nc(-n4ncc5ccccc54)[nH]c3c(-c3[nH]cc4ccccc34)c2-c2cc3ccccc3[nH]2)c1. The van der Waals surface area contributed by atoms with Gasteiger partial charge < -0.3 is 15.0 Å². The summed E-state index contributed by atoms with van der Waals surface area (Å²) in [6, 6.07) is 33.9. The van der Waals surface area contributed by atoms with Crippen LogP contribution in [-0.4, -0.2) is 29.7 Å². The molecule has 0 aliphatic rings. The van der Waals surface area contributed by atoms with Crippen LogP contribution in [0.1, 0.15) is 0 Å². The van der Waals surface area contributed by atoms with Crippen molar-refractivity contribution in [3.8, 4) is 38.9 Å². The van der Waals surface area contributed by atoms with E-state index in [-0.39, 0.29) is 0 Å². The number of thiophene rings is 1. The lowest BCUT2D eigenvalue weighted by Gasteiger charge is -2.15. The number of nitrogens with zero attached hydrogens (tertiary/aromatic N) is 3. The Labute approximate surface area is 237 Å². The number of rotatable bonds is 4. The van der Waals surface area contributed by atoms with E-state index in [4.69, 9.17) is 10.1 Å². The molecule has 194 valence electrons. The van der Waals surface area contributed by atoms with E-state index in [1.165, 1.54) is 10.3 Å². The minimum Gasteiger partial charge on any atom is -0.360 e. The Balaban J connectivity index is 1.44. The Morgan fingerprint density at radius 2 is 1.56 bits per heavy atom. The van der Waals surface area contributed by atoms with Gasteiger partial charge in [0.1, 0.15) is 0 Å². The highest BCUT2D eigenvalue weighted by molar-refractivity contribution is 7.13. The van der Waals surface area contributed by atoms with E-state index in [2.05, 4.69) is 111 Å². The first kappa shape index (κ1) is 22.4. The van der Waals surface area contributed by atoms with Crippen LogP contribution >= 0.6 is 11.3 Å². The summed E-state index contributed by atoms with van der Waals surface area (Å²) in [5, 5.41) is 11.4. The number of para-hydroxylation sites is 2. The van der Waals surface area contributed by atoms with Gasteiger partial charge in [-0.2, -0.15) is 9.78 Å². The zero-order chi connectivity index (χ0) is 26.9. The number of hydrogen-bond donors (Lipinski definition) is 3. The van der Waals surface area contributed by atoms with Crippen molar-refractivity contribution in [3.63, 3.8) is 0 Å². The summed E-state index contributed by atoms with van der Waals surface area (Å²) in [4.78, 5) is 17.4. The van der Waals surface area contributed by atoms with Gasteiger partial charge in [-0.25, -0.2) is 4.98 Å². The largest absolute Gasteiger partial charge is 0.360 e. The molecule has 0 bridgehead atoms. The normalized spacial score (nSPS) is 11.9. The van der Waals surface area contributed by atoms with Crippen LogP contribution in [-0.2, 0) is 0 Å². The van der Waals surface area contributed by atoms with Crippen LogP contribution in [0.4, 0.5) is 0 Å². The third-order valence-corrected chi connectivity index (χ3v) is 8.79. The molecule has 5 aromatic heterocycles. The molecule has 0 unspecified atom stereocenters. The van der Waals surface area contributed by atoms with Crippen molar-refractivity contribution in [2.24, 2.45) is 0 Å². The second-order valence-corrected chi connectivity index (χ2v) is 11.2. The Hall–Kier alpha value is -5.40. The lowest BCUT2D eigenvalue weighted by molar-refractivity contribution is 0.856. The van der Waals surface area contributed by atoms with Gasteiger partial charge >= 0.3 is 0 Å². The maximum atomic E-state index is 5.13. The highest BCUT2D eigenvalue weighted by Crippen LogP contribution is 2.47. The lowest BCUT2D eigenvalue weighted by atomic mass is 9.92. The first-order valence-electron chi connectivity index (χ1n) is 13.5. The number of fused-ring (bicyclic) bond motifs is 4. The summed E-state index contributed by atoms with van der Waals surface area (Å²) >= 11 is 1.74. The number of H-pyrrole nitrogens is 3. The summed E-state index contributed by atoms with van der Waals surface area (Å²) in [5.41, 5.74) is 9.42. The van der Waals surface area contributed by atoms with Crippen LogP contribution in [0.5, 0.6) is 0 Å². The Morgan fingerprint density at radius 1 is 0.732 bits per heavy atom. The quantitative estimate of drug-likeness (QED) is 0.206. The number of nitrogens with one attached hydrogen (secondary N) is 3. The molecule has 5 heterocycles. The summed E-state index contributed by atoms with van der Waals surface area (Å²) in [6.07, 6.45) is 3.97. The number of benzene rings is 4. The molecule has 0 aliphatic carbocycles. The maximum Gasteiger partial charge on any atom is 0.229 e. The van der Waals surface area contributed by atoms with Crippen molar-refractivity contribution in [1.82, 2.24) is 29.7 Å². The zero-order valence-electron chi connectivity index (χ0n) is 21.7. The predicted molar refractivity (Wildman–Crippen MR) is 169 cm³/mol. The van der Waals surface area contributed by atoms with Gasteiger partial charge in [0.05, 0.1) is 28.4 Å². The average Bonchev–Trinajstić information content (AvgIpc) is 3.84. The standard InChI is InChI=1S/C34H22N6S/c1-4-11-23-21(9-1)18-35-32(23)31-30(26-16-20-8-2-5-12-25(20)37-26)24(29-14-7-15-41-29)17-27-33(31)39-34(38-27)40-28-13-6-3-10-22(28)19-36-40/h1-19,35,37H,(H,38,39). The van der Waals surface area contributed by atoms with Crippen molar-refractivity contribution in [3.05, 3.63) is 115 Å². The molecule has 4 aromatic carbocycles. The van der Waals surface area contributed by atoms with Gasteiger partial charge in [-0.3, -0.25) is 0 Å². The molecule has 0 aliphatic heterocycles. The topological polar surface area (TPSA) is 78.1 Å². The molecule has 9 rings (SSSR count). The van der Waals surface area contributed by atoms with E-state index >= 15 is 0 Å². The minimum atomic E-state index is 0.684. The molecule has 6 nitrogen and oxygen atoms in total. The number of aromatic nitrogens is 6. The summed E-state index contributed by atoms with van der Waals surface area (Å²) < 4.78 is 1.89. The fourth-order valence-corrected chi connectivity index (χ4v) is 6.78. The molecule has 0 fully saturated rings. The smallest absolute Gasteiger partial charge is 0.229 e. The van der Waals surface area contributed by atoms with E-state index in [9.17, 15) is 0 Å². The molecular formula is C34H22N6S. The zero-order valence-corrected chi connectivity index (χ0v) is 22.5. The van der Waals surface area contributed by atoms with E-state index in [1.54, 1.807) is 11.3 Å². The molecule has 0 amide bonds. The fraction of sp³-hybridized carbons (Fsp3) is 0. The van der Waals surface area contributed by atoms with Crippen LogP contribution in [0.2, 0.25) is 0 Å². The van der Waals surface area contributed by atoms with Crippen molar-refractivity contribution in [2.75, 3.05) is 0 Å². The molecule has 7 heteroatoms. The molecule has 41 heavy (non-hydrogen) atoms. The molecular weight excluding hydrogens is 524 g/mol. The van der Waals surface area contributed by atoms with Crippen molar-refractivity contribution in [1.29, 1.82) is 0 Å². The first-order valence-corrected chi connectivity index (χ1v) is 14.4. The van der Waals surface area contributed by atoms with E-state index in [0.717, 1.165) is 66.3 Å². The van der Waals surface area contributed by atoms with Gasteiger partial charge in [-0.15, -0.1) is 11.3 Å². The molecule has 0 radical (unpaired) electrons. The van der Waals surface area contributed by atoms with Gasteiger partial charge in [0.15, 0.2) is 0 Å². The van der Waals surface area contributed by atoms with E-state index in [0.29, 0.717) is 5.95 Å².